The van der Waals surface area contributed by atoms with Crippen LogP contribution in [0.2, 0.25) is 0 Å². The molecule has 1 aromatic carbocycles. The molecule has 1 aromatic heterocycles. The van der Waals surface area contributed by atoms with Crippen LogP contribution in [0.25, 0.3) is 5.69 Å². The third kappa shape index (κ3) is 3.62. The molecule has 10 heteroatoms. The Morgan fingerprint density at radius 1 is 1.23 bits per heavy atom. The average Bonchev–Trinajstić information content (AvgIpc) is 3.24. The van der Waals surface area contributed by atoms with E-state index in [1.165, 1.54) is 41.7 Å². The summed E-state index contributed by atoms with van der Waals surface area (Å²) >= 11 is 0. The predicted octanol–water partition coefficient (Wildman–Crippen LogP) is 1.73. The fourth-order valence-corrected chi connectivity index (χ4v) is 6.30. The third-order valence-corrected chi connectivity index (χ3v) is 8.43. The van der Waals surface area contributed by atoms with Gasteiger partial charge in [-0.15, -0.1) is 5.10 Å². The van der Waals surface area contributed by atoms with Gasteiger partial charge in [0.25, 0.3) is 11.8 Å². The molecule has 4 atom stereocenters. The van der Waals surface area contributed by atoms with Crippen LogP contribution < -0.4 is 10.6 Å². The van der Waals surface area contributed by atoms with Gasteiger partial charge in [-0.25, -0.2) is 4.68 Å². The van der Waals surface area contributed by atoms with Crippen molar-refractivity contribution in [2.24, 2.45) is 11.3 Å². The monoisotopic (exact) mass is 476 g/mol. The number of aromatic nitrogens is 3. The van der Waals surface area contributed by atoms with Gasteiger partial charge in [0, 0.05) is 24.6 Å². The van der Waals surface area contributed by atoms with Crippen LogP contribution in [0.3, 0.4) is 0 Å². The molecule has 3 heterocycles. The highest BCUT2D eigenvalue weighted by Crippen LogP contribution is 2.63. The second kappa shape index (κ2) is 8.00. The molecule has 2 aliphatic carbocycles. The quantitative estimate of drug-likeness (QED) is 0.633. The number of carbonyl (C=O) groups excluding carboxylic acids is 4. The molecule has 4 amide bonds. The largest absolute Gasteiger partial charge is 0.348 e. The summed E-state index contributed by atoms with van der Waals surface area (Å²) in [4.78, 5) is 51.0. The van der Waals surface area contributed by atoms with E-state index in [4.69, 9.17) is 0 Å². The Labute approximate surface area is 202 Å². The van der Waals surface area contributed by atoms with E-state index in [9.17, 15) is 19.2 Å². The summed E-state index contributed by atoms with van der Waals surface area (Å²) in [5.74, 6) is -0.470. The summed E-state index contributed by atoms with van der Waals surface area (Å²) in [5.41, 5.74) is 2.47. The molecule has 2 saturated carbocycles. The number of nitrogens with one attached hydrogen (secondary N) is 2. The zero-order valence-electron chi connectivity index (χ0n) is 19.6. The lowest BCUT2D eigenvalue weighted by atomic mass is 9.83. The van der Waals surface area contributed by atoms with E-state index in [0.29, 0.717) is 17.7 Å². The molecule has 4 unspecified atom stereocenters. The van der Waals surface area contributed by atoms with Gasteiger partial charge in [0.2, 0.25) is 11.8 Å². The molecule has 0 spiro atoms. The van der Waals surface area contributed by atoms with Gasteiger partial charge in [-0.2, -0.15) is 0 Å². The first kappa shape index (κ1) is 21.9. The molecule has 0 bridgehead atoms. The van der Waals surface area contributed by atoms with E-state index in [0.717, 1.165) is 11.5 Å². The standard InChI is InChI=1S/C25H28N6O4/c1-14(25-9-3-2-4-16(25)11-25)26-22(33)19-13-31(29-28-19)17-5-6-18-15(10-17)12-30(24(18)35)20-7-8-21(32)27-23(20)34/h5-6,10,13-14,16,20H,2-4,7-9,11-12H2,1H3,(H,26,33)(H,27,32,34). The minimum absolute atomic E-state index is 0.106. The van der Waals surface area contributed by atoms with Crippen molar-refractivity contribution >= 4 is 23.6 Å². The van der Waals surface area contributed by atoms with Gasteiger partial charge in [-0.05, 0) is 67.7 Å². The van der Waals surface area contributed by atoms with Crippen molar-refractivity contribution in [3.05, 3.63) is 41.2 Å². The maximum atomic E-state index is 12.9. The fourth-order valence-electron chi connectivity index (χ4n) is 6.30. The smallest absolute Gasteiger partial charge is 0.273 e. The van der Waals surface area contributed by atoms with Crippen molar-refractivity contribution in [1.82, 2.24) is 30.5 Å². The highest BCUT2D eigenvalue weighted by Gasteiger charge is 2.58. The maximum Gasteiger partial charge on any atom is 0.273 e. The van der Waals surface area contributed by atoms with Gasteiger partial charge >= 0.3 is 0 Å². The van der Waals surface area contributed by atoms with Gasteiger partial charge in [0.15, 0.2) is 5.69 Å². The van der Waals surface area contributed by atoms with Crippen molar-refractivity contribution in [2.75, 3.05) is 0 Å². The first-order chi connectivity index (χ1) is 16.9. The number of fused-ring (bicyclic) bond motifs is 2. The van der Waals surface area contributed by atoms with Gasteiger partial charge in [-0.3, -0.25) is 24.5 Å². The van der Waals surface area contributed by atoms with Crippen LogP contribution >= 0.6 is 0 Å². The Kier molecular flexibility index (Phi) is 5.01. The van der Waals surface area contributed by atoms with Gasteiger partial charge in [0.1, 0.15) is 6.04 Å². The lowest BCUT2D eigenvalue weighted by Gasteiger charge is -2.29. The van der Waals surface area contributed by atoms with E-state index < -0.39 is 11.9 Å². The van der Waals surface area contributed by atoms with Crippen LogP contribution in [0.4, 0.5) is 0 Å². The molecule has 1 saturated heterocycles. The van der Waals surface area contributed by atoms with Crippen LogP contribution in [0.1, 0.15) is 78.3 Å². The fraction of sp³-hybridized carbons (Fsp3) is 0.520. The lowest BCUT2D eigenvalue weighted by molar-refractivity contribution is -0.136. The Balaban J connectivity index is 1.15. The highest BCUT2D eigenvalue weighted by molar-refractivity contribution is 6.05. The number of hydrogen-bond acceptors (Lipinski definition) is 6. The molecular weight excluding hydrogens is 448 g/mol. The zero-order valence-corrected chi connectivity index (χ0v) is 19.6. The topological polar surface area (TPSA) is 126 Å². The molecule has 2 aromatic rings. The summed E-state index contributed by atoms with van der Waals surface area (Å²) < 4.78 is 1.53. The van der Waals surface area contributed by atoms with E-state index in [1.54, 1.807) is 18.3 Å². The van der Waals surface area contributed by atoms with Crippen LogP contribution in [-0.4, -0.2) is 55.6 Å². The Hall–Kier alpha value is -3.56. The summed E-state index contributed by atoms with van der Waals surface area (Å²) in [7, 11) is 0. The van der Waals surface area contributed by atoms with E-state index in [1.807, 2.05) is 6.07 Å². The Morgan fingerprint density at radius 2 is 2.09 bits per heavy atom. The number of imide groups is 1. The van der Waals surface area contributed by atoms with Crippen molar-refractivity contribution in [1.29, 1.82) is 0 Å². The second-order valence-electron chi connectivity index (χ2n) is 10.4. The van der Waals surface area contributed by atoms with E-state index >= 15 is 0 Å². The summed E-state index contributed by atoms with van der Waals surface area (Å²) in [6, 6.07) is 4.73. The minimum atomic E-state index is -0.658. The van der Waals surface area contributed by atoms with Crippen LogP contribution in [-0.2, 0) is 16.1 Å². The van der Waals surface area contributed by atoms with E-state index in [2.05, 4.69) is 27.9 Å². The van der Waals surface area contributed by atoms with Crippen molar-refractivity contribution in [2.45, 2.75) is 70.5 Å². The molecular formula is C25H28N6O4. The summed E-state index contributed by atoms with van der Waals surface area (Å²) in [6.45, 7) is 2.37. The van der Waals surface area contributed by atoms with Crippen LogP contribution in [0, 0.1) is 11.3 Å². The average molecular weight is 477 g/mol. The third-order valence-electron chi connectivity index (χ3n) is 8.43. The molecule has 2 N–H and O–H groups in total. The number of rotatable bonds is 5. The molecule has 2 aliphatic heterocycles. The molecule has 3 fully saturated rings. The normalized spacial score (nSPS) is 28.3. The lowest BCUT2D eigenvalue weighted by Crippen LogP contribution is -2.52. The molecule has 4 aliphatic rings. The Bertz CT molecular complexity index is 1250. The first-order valence-corrected chi connectivity index (χ1v) is 12.4. The molecule has 35 heavy (non-hydrogen) atoms. The summed E-state index contributed by atoms with van der Waals surface area (Å²) in [5, 5.41) is 13.7. The number of benzene rings is 1. The molecule has 10 nitrogen and oxygen atoms in total. The van der Waals surface area contributed by atoms with Crippen molar-refractivity contribution < 1.29 is 19.2 Å². The first-order valence-electron chi connectivity index (χ1n) is 12.4. The molecule has 6 rings (SSSR count). The number of carbonyl (C=O) groups is 4. The SMILES string of the molecule is CC(NC(=O)c1cn(-c2ccc3c(c2)CN(C2CCC(=O)NC2=O)C3=O)nn1)C12CCCCC1C2. The highest BCUT2D eigenvalue weighted by atomic mass is 16.2. The van der Waals surface area contributed by atoms with Crippen molar-refractivity contribution in [3.8, 4) is 5.69 Å². The van der Waals surface area contributed by atoms with Gasteiger partial charge < -0.3 is 10.2 Å². The number of piperidine rings is 1. The Morgan fingerprint density at radius 3 is 2.89 bits per heavy atom. The van der Waals surface area contributed by atoms with Gasteiger partial charge in [-0.1, -0.05) is 18.1 Å². The van der Waals surface area contributed by atoms with Crippen molar-refractivity contribution in [3.63, 3.8) is 0 Å². The number of amides is 4. The minimum Gasteiger partial charge on any atom is -0.348 e. The second-order valence-corrected chi connectivity index (χ2v) is 10.4. The van der Waals surface area contributed by atoms with Gasteiger partial charge in [0.05, 0.1) is 11.9 Å². The molecule has 0 radical (unpaired) electrons. The molecule has 182 valence electrons. The van der Waals surface area contributed by atoms with Crippen LogP contribution in [0.15, 0.2) is 24.4 Å². The summed E-state index contributed by atoms with van der Waals surface area (Å²) in [6.07, 6.45) is 8.29. The maximum absolute atomic E-state index is 12.9. The zero-order chi connectivity index (χ0) is 24.3. The number of nitrogens with zero attached hydrogens (tertiary/aromatic N) is 4. The number of hydrogen-bond donors (Lipinski definition) is 2. The van der Waals surface area contributed by atoms with Crippen LogP contribution in [0.5, 0.6) is 0 Å². The van der Waals surface area contributed by atoms with E-state index in [-0.39, 0.29) is 47.8 Å². The predicted molar refractivity (Wildman–Crippen MR) is 123 cm³/mol.